The highest BCUT2D eigenvalue weighted by atomic mass is 16.6. The minimum absolute atomic E-state index is 0.00581. The summed E-state index contributed by atoms with van der Waals surface area (Å²) in [6.45, 7) is 4.34. The van der Waals surface area contributed by atoms with Crippen LogP contribution in [0.5, 0.6) is 0 Å². The second-order valence-corrected chi connectivity index (χ2v) is 16.9. The van der Waals surface area contributed by atoms with Crippen molar-refractivity contribution in [3.8, 4) is 0 Å². The predicted octanol–water partition coefficient (Wildman–Crippen LogP) is 13.0. The number of allylic oxidation sites excluding steroid dienone is 22. The number of ether oxygens (including phenoxy) is 3. The van der Waals surface area contributed by atoms with Gasteiger partial charge in [-0.3, -0.25) is 9.59 Å². The van der Waals surface area contributed by atoms with Crippen LogP contribution in [0.4, 0.5) is 0 Å². The van der Waals surface area contributed by atoms with Crippen LogP contribution >= 0.6 is 0 Å². The van der Waals surface area contributed by atoms with E-state index in [1.54, 1.807) is 21.1 Å². The molecule has 0 aromatic carbocycles. The molecule has 0 N–H and O–H groups in total. The molecule has 65 heavy (non-hydrogen) atoms. The van der Waals surface area contributed by atoms with Crippen LogP contribution in [0.15, 0.2) is 134 Å². The molecule has 2 atom stereocenters. The van der Waals surface area contributed by atoms with Crippen molar-refractivity contribution in [2.75, 3.05) is 41.0 Å². The van der Waals surface area contributed by atoms with Crippen molar-refractivity contribution < 1.29 is 38.2 Å². The van der Waals surface area contributed by atoms with Crippen LogP contribution in [0.1, 0.15) is 155 Å². The molecule has 0 bridgehead atoms. The molecule has 2 unspecified atom stereocenters. The van der Waals surface area contributed by atoms with Gasteiger partial charge in [-0.25, -0.2) is 0 Å². The summed E-state index contributed by atoms with van der Waals surface area (Å²) in [6.07, 6.45) is 66.2. The van der Waals surface area contributed by atoms with Crippen molar-refractivity contribution in [1.82, 2.24) is 0 Å². The maximum atomic E-state index is 12.8. The Morgan fingerprint density at radius 1 is 0.462 bits per heavy atom. The Hall–Kier alpha value is -4.53. The van der Waals surface area contributed by atoms with Crippen molar-refractivity contribution >= 4 is 17.9 Å². The molecule has 364 valence electrons. The highest BCUT2D eigenvalue weighted by Gasteiger charge is 2.25. The van der Waals surface area contributed by atoms with E-state index in [0.717, 1.165) is 116 Å². The van der Waals surface area contributed by atoms with E-state index in [1.807, 2.05) is 0 Å². The highest BCUT2D eigenvalue weighted by molar-refractivity contribution is 5.70. The largest absolute Gasteiger partial charge is 0.544 e. The zero-order valence-electron chi connectivity index (χ0n) is 41.3. The number of carbonyl (C=O) groups excluding carboxylic acids is 3. The van der Waals surface area contributed by atoms with Gasteiger partial charge in [0.2, 0.25) is 0 Å². The van der Waals surface area contributed by atoms with Crippen molar-refractivity contribution in [2.45, 2.75) is 167 Å². The third-order valence-electron chi connectivity index (χ3n) is 10.0. The van der Waals surface area contributed by atoms with Gasteiger partial charge in [0.25, 0.3) is 0 Å². The molecule has 0 aliphatic heterocycles. The summed E-state index contributed by atoms with van der Waals surface area (Å²) in [5.41, 5.74) is 0. The molecule has 0 heterocycles. The average Bonchev–Trinajstić information content (AvgIpc) is 3.27. The third kappa shape index (κ3) is 44.5. The molecule has 0 aromatic heterocycles. The fraction of sp³-hybridized carbons (Fsp3) is 0.561. The van der Waals surface area contributed by atoms with Gasteiger partial charge in [0.15, 0.2) is 6.10 Å². The second kappa shape index (κ2) is 46.0. The number of likely N-dealkylation sites (N-methyl/N-ethyl adjacent to an activating group) is 1. The summed E-state index contributed by atoms with van der Waals surface area (Å²) in [5, 5.41) is 11.7. The first-order chi connectivity index (χ1) is 31.6. The number of carboxylic acid groups (broad SMARTS) is 1. The molecule has 8 nitrogen and oxygen atoms in total. The number of quaternary nitrogens is 1. The Labute approximate surface area is 396 Å². The first-order valence-electron chi connectivity index (χ1n) is 24.7. The summed E-state index contributed by atoms with van der Waals surface area (Å²) in [7, 11) is 5.37. The van der Waals surface area contributed by atoms with Crippen molar-refractivity contribution in [1.29, 1.82) is 0 Å². The van der Waals surface area contributed by atoms with Crippen LogP contribution in [0.25, 0.3) is 0 Å². The number of aliphatic carboxylic acids is 1. The number of nitrogens with zero attached hydrogens (tertiary/aromatic N) is 1. The number of hydrogen-bond acceptors (Lipinski definition) is 7. The van der Waals surface area contributed by atoms with E-state index < -0.39 is 18.1 Å². The van der Waals surface area contributed by atoms with Gasteiger partial charge < -0.3 is 28.6 Å². The topological polar surface area (TPSA) is 102 Å². The van der Waals surface area contributed by atoms with E-state index in [4.69, 9.17) is 14.2 Å². The summed E-state index contributed by atoms with van der Waals surface area (Å²) >= 11 is 0. The van der Waals surface area contributed by atoms with Crippen LogP contribution < -0.4 is 5.11 Å². The van der Waals surface area contributed by atoms with Crippen LogP contribution in [0.2, 0.25) is 0 Å². The van der Waals surface area contributed by atoms with Gasteiger partial charge in [0.1, 0.15) is 12.6 Å². The van der Waals surface area contributed by atoms with Gasteiger partial charge in [-0.15, -0.1) is 0 Å². The van der Waals surface area contributed by atoms with Crippen LogP contribution in [-0.2, 0) is 28.6 Å². The molecular weight excluding hydrogens is 811 g/mol. The number of hydrogen-bond donors (Lipinski definition) is 0. The minimum atomic E-state index is -1.14. The number of esters is 2. The Morgan fingerprint density at radius 2 is 0.815 bits per heavy atom. The molecule has 0 aromatic rings. The second-order valence-electron chi connectivity index (χ2n) is 16.9. The van der Waals surface area contributed by atoms with Gasteiger partial charge in [-0.2, -0.15) is 0 Å². The van der Waals surface area contributed by atoms with E-state index in [-0.39, 0.29) is 49.1 Å². The summed E-state index contributed by atoms with van der Waals surface area (Å²) in [4.78, 5) is 37.0. The van der Waals surface area contributed by atoms with Crippen molar-refractivity contribution in [3.63, 3.8) is 0 Å². The summed E-state index contributed by atoms with van der Waals surface area (Å²) in [6, 6.07) is -0.747. The third-order valence-corrected chi connectivity index (χ3v) is 10.0. The molecule has 0 radical (unpaired) electrons. The highest BCUT2D eigenvalue weighted by Crippen LogP contribution is 2.11. The molecule has 0 saturated carbocycles. The lowest BCUT2D eigenvalue weighted by molar-refractivity contribution is -0.889. The molecule has 0 saturated heterocycles. The number of rotatable bonds is 42. The lowest BCUT2D eigenvalue weighted by Gasteiger charge is -2.34. The van der Waals surface area contributed by atoms with E-state index in [2.05, 4.69) is 148 Å². The molecule has 0 fully saturated rings. The van der Waals surface area contributed by atoms with E-state index in [1.165, 1.54) is 0 Å². The van der Waals surface area contributed by atoms with Gasteiger partial charge in [-0.05, 0) is 109 Å². The van der Waals surface area contributed by atoms with Crippen LogP contribution in [-0.4, -0.2) is 75.5 Å². The quantitative estimate of drug-likeness (QED) is 0.0260. The maximum absolute atomic E-state index is 12.8. The number of unbranched alkanes of at least 4 members (excludes halogenated alkanes) is 6. The van der Waals surface area contributed by atoms with E-state index >= 15 is 0 Å². The smallest absolute Gasteiger partial charge is 0.306 e. The summed E-state index contributed by atoms with van der Waals surface area (Å²) < 4.78 is 17.1. The van der Waals surface area contributed by atoms with Crippen molar-refractivity contribution in [2.24, 2.45) is 0 Å². The monoisotopic (exact) mass is 900 g/mol. The Bertz CT molecular complexity index is 1520. The molecular formula is C57H89NO7. The SMILES string of the molecule is CC/C=C/C/C=C/C/C=C/C/C=C/C/C=C/C/C=C/CCCCCC(=O)OC(COCCC(C(=O)[O-])[N+](C)(C)C)COC(=O)CCCCC/C=C/C/C=C/C/C=C/C/C=C/C/C=C/CC. The van der Waals surface area contributed by atoms with Gasteiger partial charge >= 0.3 is 11.9 Å². The summed E-state index contributed by atoms with van der Waals surface area (Å²) in [5.74, 6) is -1.84. The standard InChI is InChI=1S/C57H89NO7/c1-6-8-10-12-14-16-18-20-22-24-26-27-28-30-32-34-36-38-40-42-44-46-48-56(60)65-53(51-63-50-49-54(57(61)62)58(3,4)5)52-64-55(59)47-45-43-41-39-37-35-33-31-29-25-23-21-19-17-15-13-11-9-7-2/h8-11,14-17,20-23,26-27,29-32,35-38,53-54H,6-7,12-13,18-19,24-25,28,33-34,39-52H2,1-5H3/b10-8+,11-9+,16-14+,17-15+,22-20+,23-21+,27-26+,31-29+,32-30+,37-35+,38-36+. The number of carboxylic acids is 1. The van der Waals surface area contributed by atoms with Crippen LogP contribution in [0.3, 0.4) is 0 Å². The minimum Gasteiger partial charge on any atom is -0.544 e. The molecule has 0 rings (SSSR count). The molecule has 8 heteroatoms. The fourth-order valence-electron chi connectivity index (χ4n) is 6.27. The molecule has 0 amide bonds. The molecule has 0 aliphatic rings. The fourth-order valence-corrected chi connectivity index (χ4v) is 6.27. The molecule has 0 aliphatic carbocycles. The molecule has 0 spiro atoms. The zero-order valence-corrected chi connectivity index (χ0v) is 41.3. The Morgan fingerprint density at radius 3 is 1.17 bits per heavy atom. The van der Waals surface area contributed by atoms with E-state index in [9.17, 15) is 19.5 Å². The average molecular weight is 900 g/mol. The van der Waals surface area contributed by atoms with Gasteiger partial charge in [-0.1, -0.05) is 160 Å². The lowest BCUT2D eigenvalue weighted by Crippen LogP contribution is -2.55. The Balaban J connectivity index is 4.45. The lowest BCUT2D eigenvalue weighted by atomic mass is 10.1. The van der Waals surface area contributed by atoms with Crippen LogP contribution in [0, 0.1) is 0 Å². The first-order valence-corrected chi connectivity index (χ1v) is 24.7. The normalized spacial score (nSPS) is 14.0. The zero-order chi connectivity index (χ0) is 47.7. The van der Waals surface area contributed by atoms with Gasteiger partial charge in [0, 0.05) is 19.3 Å². The first kappa shape index (κ1) is 60.5. The van der Waals surface area contributed by atoms with E-state index in [0.29, 0.717) is 12.8 Å². The maximum Gasteiger partial charge on any atom is 0.306 e. The van der Waals surface area contributed by atoms with Crippen molar-refractivity contribution in [3.05, 3.63) is 134 Å². The number of carbonyl (C=O) groups is 3. The van der Waals surface area contributed by atoms with Gasteiger partial charge in [0.05, 0.1) is 40.3 Å². The Kier molecular flexibility index (Phi) is 42.8. The predicted molar refractivity (Wildman–Crippen MR) is 272 cm³/mol.